The quantitative estimate of drug-likeness (QED) is 0.288. The lowest BCUT2D eigenvalue weighted by molar-refractivity contribution is -0.132. The molecule has 168 valence electrons. The van der Waals surface area contributed by atoms with Crippen molar-refractivity contribution in [1.82, 2.24) is 0 Å². The van der Waals surface area contributed by atoms with Crippen LogP contribution in [0.4, 0.5) is 5.69 Å². The van der Waals surface area contributed by atoms with Crippen LogP contribution < -0.4 is 9.64 Å². The molecule has 0 saturated carbocycles. The van der Waals surface area contributed by atoms with Gasteiger partial charge < -0.3 is 9.84 Å². The SMILES string of the molecule is CCOc1ccc(Cl)c(/C(O)=C2\C(=O)C(=O)N(c3ccc(C)cc3)C2c2ccccc2C)c1. The van der Waals surface area contributed by atoms with E-state index in [4.69, 9.17) is 16.3 Å². The van der Waals surface area contributed by atoms with Crippen molar-refractivity contribution in [2.24, 2.45) is 0 Å². The Labute approximate surface area is 197 Å². The van der Waals surface area contributed by atoms with Crippen molar-refractivity contribution in [3.63, 3.8) is 0 Å². The molecule has 1 atom stereocenters. The number of carbonyl (C=O) groups excluding carboxylic acids is 2. The molecule has 1 N–H and O–H groups in total. The van der Waals surface area contributed by atoms with Gasteiger partial charge in [0.25, 0.3) is 11.7 Å². The molecule has 0 aliphatic carbocycles. The van der Waals surface area contributed by atoms with E-state index in [1.54, 1.807) is 30.3 Å². The third-order valence-electron chi connectivity index (χ3n) is 5.74. The largest absolute Gasteiger partial charge is 0.507 e. The number of ether oxygens (including phenoxy) is 1. The van der Waals surface area contributed by atoms with Gasteiger partial charge >= 0.3 is 0 Å². The summed E-state index contributed by atoms with van der Waals surface area (Å²) in [6.07, 6.45) is 0. The molecule has 1 amide bonds. The molecule has 1 aliphatic heterocycles. The Morgan fingerprint density at radius 2 is 1.73 bits per heavy atom. The third-order valence-corrected chi connectivity index (χ3v) is 6.07. The number of benzene rings is 3. The number of aliphatic hydroxyl groups excluding tert-OH is 1. The summed E-state index contributed by atoms with van der Waals surface area (Å²) in [6.45, 7) is 6.14. The molecule has 1 fully saturated rings. The Balaban J connectivity index is 1.97. The van der Waals surface area contributed by atoms with Crippen LogP contribution in [0.25, 0.3) is 5.76 Å². The zero-order chi connectivity index (χ0) is 23.7. The smallest absolute Gasteiger partial charge is 0.300 e. The van der Waals surface area contributed by atoms with Crippen molar-refractivity contribution < 1.29 is 19.4 Å². The number of aliphatic hydroxyl groups is 1. The zero-order valence-electron chi connectivity index (χ0n) is 18.6. The lowest BCUT2D eigenvalue weighted by Crippen LogP contribution is -2.29. The molecule has 1 heterocycles. The van der Waals surface area contributed by atoms with Crippen LogP contribution in [0.1, 0.15) is 35.2 Å². The summed E-state index contributed by atoms with van der Waals surface area (Å²) in [4.78, 5) is 28.0. The zero-order valence-corrected chi connectivity index (χ0v) is 19.4. The van der Waals surface area contributed by atoms with Crippen LogP contribution in [0.5, 0.6) is 5.75 Å². The predicted molar refractivity (Wildman–Crippen MR) is 130 cm³/mol. The lowest BCUT2D eigenvalue weighted by atomic mass is 9.92. The molecule has 0 aromatic heterocycles. The van der Waals surface area contributed by atoms with Gasteiger partial charge in [0.2, 0.25) is 0 Å². The highest BCUT2D eigenvalue weighted by atomic mass is 35.5. The lowest BCUT2D eigenvalue weighted by Gasteiger charge is -2.26. The first kappa shape index (κ1) is 22.6. The first-order chi connectivity index (χ1) is 15.8. The van der Waals surface area contributed by atoms with Crippen molar-refractivity contribution >= 4 is 34.7 Å². The van der Waals surface area contributed by atoms with Gasteiger partial charge in [0.1, 0.15) is 11.5 Å². The van der Waals surface area contributed by atoms with Crippen LogP contribution in [-0.2, 0) is 9.59 Å². The van der Waals surface area contributed by atoms with Gasteiger partial charge in [-0.3, -0.25) is 14.5 Å². The van der Waals surface area contributed by atoms with Gasteiger partial charge in [-0.1, -0.05) is 53.6 Å². The highest BCUT2D eigenvalue weighted by molar-refractivity contribution is 6.52. The fourth-order valence-electron chi connectivity index (χ4n) is 4.08. The number of aryl methyl sites for hydroxylation is 2. The van der Waals surface area contributed by atoms with Crippen LogP contribution in [0.2, 0.25) is 5.02 Å². The van der Waals surface area contributed by atoms with E-state index >= 15 is 0 Å². The minimum Gasteiger partial charge on any atom is -0.507 e. The summed E-state index contributed by atoms with van der Waals surface area (Å²) in [5.41, 5.74) is 3.47. The molecular weight excluding hydrogens is 438 g/mol. The normalized spacial score (nSPS) is 17.5. The van der Waals surface area contributed by atoms with Crippen molar-refractivity contribution in [3.05, 3.63) is 99.6 Å². The van der Waals surface area contributed by atoms with Crippen LogP contribution in [-0.4, -0.2) is 23.4 Å². The number of amides is 1. The summed E-state index contributed by atoms with van der Waals surface area (Å²) < 4.78 is 5.54. The molecule has 0 bridgehead atoms. The van der Waals surface area contributed by atoms with Gasteiger partial charge in [-0.05, 0) is 62.2 Å². The van der Waals surface area contributed by atoms with E-state index in [9.17, 15) is 14.7 Å². The predicted octanol–water partition coefficient (Wildman–Crippen LogP) is 5.98. The molecule has 5 nitrogen and oxygen atoms in total. The summed E-state index contributed by atoms with van der Waals surface area (Å²) in [5, 5.41) is 11.6. The topological polar surface area (TPSA) is 66.8 Å². The van der Waals surface area contributed by atoms with E-state index in [1.807, 2.05) is 57.2 Å². The van der Waals surface area contributed by atoms with E-state index in [0.29, 0.717) is 18.0 Å². The minimum absolute atomic E-state index is 0.00887. The van der Waals surface area contributed by atoms with Crippen molar-refractivity contribution in [2.75, 3.05) is 11.5 Å². The summed E-state index contributed by atoms with van der Waals surface area (Å²) in [7, 11) is 0. The Hall–Kier alpha value is -3.57. The number of Topliss-reactive ketones (excluding diaryl/α,β-unsaturated/α-hetero) is 1. The molecule has 0 spiro atoms. The van der Waals surface area contributed by atoms with Crippen LogP contribution in [0.15, 0.2) is 72.3 Å². The molecule has 4 rings (SSSR count). The Morgan fingerprint density at radius 1 is 1.03 bits per heavy atom. The molecule has 3 aromatic carbocycles. The Morgan fingerprint density at radius 3 is 2.39 bits per heavy atom. The van der Waals surface area contributed by atoms with Crippen molar-refractivity contribution in [3.8, 4) is 5.75 Å². The van der Waals surface area contributed by atoms with E-state index in [-0.39, 0.29) is 21.9 Å². The number of hydrogen-bond acceptors (Lipinski definition) is 4. The molecular formula is C27H24ClNO4. The maximum absolute atomic E-state index is 13.3. The average molecular weight is 462 g/mol. The molecule has 1 saturated heterocycles. The molecule has 1 aliphatic rings. The maximum atomic E-state index is 13.3. The van der Waals surface area contributed by atoms with Crippen molar-refractivity contribution in [1.29, 1.82) is 0 Å². The van der Waals surface area contributed by atoms with Gasteiger partial charge in [0.05, 0.1) is 23.2 Å². The van der Waals surface area contributed by atoms with E-state index in [1.165, 1.54) is 4.90 Å². The molecule has 3 aromatic rings. The Kier molecular flexibility index (Phi) is 6.25. The van der Waals surface area contributed by atoms with Gasteiger partial charge in [-0.15, -0.1) is 0 Å². The van der Waals surface area contributed by atoms with Gasteiger partial charge in [0, 0.05) is 11.3 Å². The second-order valence-corrected chi connectivity index (χ2v) is 8.34. The van der Waals surface area contributed by atoms with E-state index < -0.39 is 17.7 Å². The van der Waals surface area contributed by atoms with E-state index in [2.05, 4.69) is 0 Å². The highest BCUT2D eigenvalue weighted by Crippen LogP contribution is 2.44. The number of anilines is 1. The monoisotopic (exact) mass is 461 g/mol. The fourth-order valence-corrected chi connectivity index (χ4v) is 4.29. The molecule has 33 heavy (non-hydrogen) atoms. The summed E-state index contributed by atoms with van der Waals surface area (Å²) in [5.74, 6) is -1.30. The third kappa shape index (κ3) is 4.12. The second kappa shape index (κ2) is 9.12. The minimum atomic E-state index is -0.805. The summed E-state index contributed by atoms with van der Waals surface area (Å²) >= 11 is 6.39. The number of ketones is 1. The van der Waals surface area contributed by atoms with Gasteiger partial charge in [-0.25, -0.2) is 0 Å². The Bertz CT molecular complexity index is 1260. The average Bonchev–Trinajstić information content (AvgIpc) is 3.06. The van der Waals surface area contributed by atoms with E-state index in [0.717, 1.165) is 16.7 Å². The fraction of sp³-hybridized carbons (Fsp3) is 0.185. The number of halogens is 1. The van der Waals surface area contributed by atoms with Gasteiger partial charge in [0.15, 0.2) is 0 Å². The molecule has 0 radical (unpaired) electrons. The standard InChI is InChI=1S/C27H24ClNO4/c1-4-33-19-13-14-22(28)21(15-19)25(30)23-24(20-8-6-5-7-17(20)3)29(27(32)26(23)31)18-11-9-16(2)10-12-18/h5-15,24,30H,4H2,1-3H3/b25-23+. The van der Waals surface area contributed by atoms with Crippen molar-refractivity contribution in [2.45, 2.75) is 26.8 Å². The second-order valence-electron chi connectivity index (χ2n) is 7.94. The number of carbonyl (C=O) groups is 2. The number of nitrogens with zero attached hydrogens (tertiary/aromatic N) is 1. The number of rotatable bonds is 5. The molecule has 1 unspecified atom stereocenters. The molecule has 6 heteroatoms. The number of hydrogen-bond donors (Lipinski definition) is 1. The van der Waals surface area contributed by atoms with Crippen LogP contribution in [0, 0.1) is 13.8 Å². The summed E-state index contributed by atoms with van der Waals surface area (Å²) in [6, 6.07) is 18.9. The van der Waals surface area contributed by atoms with Crippen LogP contribution in [0.3, 0.4) is 0 Å². The first-order valence-corrected chi connectivity index (χ1v) is 11.1. The van der Waals surface area contributed by atoms with Crippen LogP contribution >= 0.6 is 11.6 Å². The van der Waals surface area contributed by atoms with Gasteiger partial charge in [-0.2, -0.15) is 0 Å². The maximum Gasteiger partial charge on any atom is 0.300 e. The highest BCUT2D eigenvalue weighted by Gasteiger charge is 2.47. The first-order valence-electron chi connectivity index (χ1n) is 10.7.